The Balaban J connectivity index is 2.17. The van der Waals surface area contributed by atoms with Gasteiger partial charge in [0, 0.05) is 5.33 Å². The molecule has 0 bridgehead atoms. The summed E-state index contributed by atoms with van der Waals surface area (Å²) in [6, 6.07) is 15.4. The Morgan fingerprint density at radius 3 is 2.44 bits per heavy atom. The predicted octanol–water partition coefficient (Wildman–Crippen LogP) is 4.86. The molecule has 0 aliphatic rings. The topological polar surface area (TPSA) is 0 Å². The van der Waals surface area contributed by atoms with Gasteiger partial charge in [-0.2, -0.15) is 0 Å². The molecule has 2 heteroatoms. The number of hydrogen-bond acceptors (Lipinski definition) is 0. The summed E-state index contributed by atoms with van der Waals surface area (Å²) < 4.78 is 13.2. The van der Waals surface area contributed by atoms with Crippen LogP contribution in [0.25, 0.3) is 0 Å². The van der Waals surface area contributed by atoms with Gasteiger partial charge >= 0.3 is 0 Å². The summed E-state index contributed by atoms with van der Waals surface area (Å²) in [4.78, 5) is 0. The van der Waals surface area contributed by atoms with Gasteiger partial charge in [0.25, 0.3) is 0 Å². The highest BCUT2D eigenvalue weighted by atomic mass is 79.9. The monoisotopic (exact) mass is 306 g/mol. The Hall–Kier alpha value is -1.15. The van der Waals surface area contributed by atoms with Crippen molar-refractivity contribution in [2.75, 3.05) is 5.33 Å². The first-order valence-corrected chi connectivity index (χ1v) is 7.18. The van der Waals surface area contributed by atoms with Crippen LogP contribution >= 0.6 is 15.9 Å². The van der Waals surface area contributed by atoms with E-state index in [-0.39, 0.29) is 5.82 Å². The van der Waals surface area contributed by atoms with Gasteiger partial charge in [0.05, 0.1) is 0 Å². The third-order valence-corrected chi connectivity index (χ3v) is 3.89. The Bertz CT molecular complexity index is 505. The van der Waals surface area contributed by atoms with Crippen LogP contribution in [0, 0.1) is 12.7 Å². The van der Waals surface area contributed by atoms with Gasteiger partial charge < -0.3 is 0 Å². The van der Waals surface area contributed by atoms with Gasteiger partial charge in [0.2, 0.25) is 0 Å². The molecule has 2 aromatic carbocycles. The maximum absolute atomic E-state index is 13.2. The molecule has 2 rings (SSSR count). The van der Waals surface area contributed by atoms with Gasteiger partial charge in [-0.15, -0.1) is 0 Å². The molecule has 0 saturated carbocycles. The molecule has 0 nitrogen and oxygen atoms in total. The van der Waals surface area contributed by atoms with E-state index in [4.69, 9.17) is 0 Å². The highest BCUT2D eigenvalue weighted by molar-refractivity contribution is 9.09. The molecule has 1 unspecified atom stereocenters. The van der Waals surface area contributed by atoms with E-state index in [1.807, 2.05) is 6.07 Å². The average Bonchev–Trinajstić information content (AvgIpc) is 2.38. The number of benzene rings is 2. The lowest BCUT2D eigenvalue weighted by Crippen LogP contribution is -2.04. The lowest BCUT2D eigenvalue weighted by atomic mass is 9.93. The van der Waals surface area contributed by atoms with Crippen molar-refractivity contribution in [1.82, 2.24) is 0 Å². The highest BCUT2D eigenvalue weighted by Gasteiger charge is 2.11. The highest BCUT2D eigenvalue weighted by Crippen LogP contribution is 2.23. The fourth-order valence-corrected chi connectivity index (χ4v) is 2.63. The van der Waals surface area contributed by atoms with Crippen molar-refractivity contribution in [3.8, 4) is 0 Å². The normalized spacial score (nSPS) is 12.4. The first kappa shape index (κ1) is 13.3. The molecule has 18 heavy (non-hydrogen) atoms. The molecule has 0 amide bonds. The Morgan fingerprint density at radius 1 is 1.11 bits per heavy atom. The van der Waals surface area contributed by atoms with E-state index < -0.39 is 0 Å². The number of rotatable bonds is 4. The molecule has 0 N–H and O–H groups in total. The Kier molecular flexibility index (Phi) is 4.54. The second-order valence-corrected chi connectivity index (χ2v) is 5.24. The van der Waals surface area contributed by atoms with E-state index in [1.54, 1.807) is 12.1 Å². The van der Waals surface area contributed by atoms with Crippen molar-refractivity contribution in [3.63, 3.8) is 0 Å². The van der Waals surface area contributed by atoms with Gasteiger partial charge in [-0.25, -0.2) is 4.39 Å². The van der Waals surface area contributed by atoms with Crippen molar-refractivity contribution in [2.45, 2.75) is 19.3 Å². The van der Waals surface area contributed by atoms with Crippen LogP contribution in [0.5, 0.6) is 0 Å². The van der Waals surface area contributed by atoms with Crippen molar-refractivity contribution in [1.29, 1.82) is 0 Å². The van der Waals surface area contributed by atoms with Gasteiger partial charge in [-0.3, -0.25) is 0 Å². The van der Waals surface area contributed by atoms with Crippen LogP contribution in [-0.2, 0) is 6.42 Å². The summed E-state index contributed by atoms with van der Waals surface area (Å²) in [5.41, 5.74) is 3.60. The minimum Gasteiger partial charge on any atom is -0.207 e. The third kappa shape index (κ3) is 3.42. The number of halogens is 2. The first-order valence-electron chi connectivity index (χ1n) is 6.06. The summed E-state index contributed by atoms with van der Waals surface area (Å²) >= 11 is 3.53. The molecule has 0 fully saturated rings. The van der Waals surface area contributed by atoms with Crippen LogP contribution in [0.1, 0.15) is 22.6 Å². The fraction of sp³-hybridized carbons (Fsp3) is 0.250. The number of hydrogen-bond donors (Lipinski definition) is 0. The van der Waals surface area contributed by atoms with Crippen molar-refractivity contribution < 1.29 is 4.39 Å². The summed E-state index contributed by atoms with van der Waals surface area (Å²) in [6.07, 6.45) is 0.926. The van der Waals surface area contributed by atoms with Gasteiger partial charge in [-0.05, 0) is 42.5 Å². The summed E-state index contributed by atoms with van der Waals surface area (Å²) in [7, 11) is 0. The van der Waals surface area contributed by atoms with E-state index >= 15 is 0 Å². The van der Waals surface area contributed by atoms with Crippen molar-refractivity contribution in [2.24, 2.45) is 0 Å². The van der Waals surface area contributed by atoms with Crippen LogP contribution in [0.3, 0.4) is 0 Å². The fourth-order valence-electron chi connectivity index (χ4n) is 2.03. The molecule has 0 aromatic heterocycles. The van der Waals surface area contributed by atoms with Crippen LogP contribution in [0.4, 0.5) is 4.39 Å². The van der Waals surface area contributed by atoms with E-state index in [0.29, 0.717) is 5.92 Å². The lowest BCUT2D eigenvalue weighted by Gasteiger charge is -2.15. The largest absolute Gasteiger partial charge is 0.207 e. The van der Waals surface area contributed by atoms with Crippen molar-refractivity contribution >= 4 is 15.9 Å². The molecule has 0 spiro atoms. The average molecular weight is 307 g/mol. The summed E-state index contributed by atoms with van der Waals surface area (Å²) in [5, 5.41) is 0.838. The van der Waals surface area contributed by atoms with Gasteiger partial charge in [0.15, 0.2) is 0 Å². The minimum absolute atomic E-state index is 0.164. The zero-order valence-electron chi connectivity index (χ0n) is 10.4. The number of aryl methyl sites for hydroxylation is 1. The van der Waals surface area contributed by atoms with Crippen LogP contribution in [0.15, 0.2) is 48.5 Å². The van der Waals surface area contributed by atoms with Gasteiger partial charge in [0.1, 0.15) is 5.82 Å². The summed E-state index contributed by atoms with van der Waals surface area (Å²) in [5.74, 6) is 0.144. The molecule has 0 aliphatic carbocycles. The maximum atomic E-state index is 13.2. The zero-order valence-corrected chi connectivity index (χ0v) is 12.0. The molecule has 1 atom stereocenters. The zero-order chi connectivity index (χ0) is 13.0. The minimum atomic E-state index is -0.164. The molecule has 94 valence electrons. The standard InChI is InChI=1S/C16H16BrF/c1-12-5-7-13(8-6-12)9-15(11-17)14-3-2-4-16(18)10-14/h2-8,10,15H,9,11H2,1H3. The van der Waals surface area contributed by atoms with Gasteiger partial charge in [-0.1, -0.05) is 57.9 Å². The molecule has 2 aromatic rings. The maximum Gasteiger partial charge on any atom is 0.123 e. The molecule has 0 aliphatic heterocycles. The van der Waals surface area contributed by atoms with Crippen LogP contribution in [-0.4, -0.2) is 5.33 Å². The lowest BCUT2D eigenvalue weighted by molar-refractivity contribution is 0.621. The quantitative estimate of drug-likeness (QED) is 0.708. The smallest absolute Gasteiger partial charge is 0.123 e. The van der Waals surface area contributed by atoms with E-state index in [0.717, 1.165) is 17.3 Å². The first-order chi connectivity index (χ1) is 8.69. The second kappa shape index (κ2) is 6.14. The van der Waals surface area contributed by atoms with Crippen LogP contribution < -0.4 is 0 Å². The SMILES string of the molecule is Cc1ccc(CC(CBr)c2cccc(F)c2)cc1. The third-order valence-electron chi connectivity index (χ3n) is 3.11. The molecule has 0 radical (unpaired) electrons. The molecular weight excluding hydrogens is 291 g/mol. The van der Waals surface area contributed by atoms with Crippen LogP contribution in [0.2, 0.25) is 0 Å². The van der Waals surface area contributed by atoms with E-state index in [9.17, 15) is 4.39 Å². The predicted molar refractivity (Wildman–Crippen MR) is 77.8 cm³/mol. The number of alkyl halides is 1. The Labute approximate surface area is 116 Å². The second-order valence-electron chi connectivity index (χ2n) is 4.60. The van der Waals surface area contributed by atoms with E-state index in [1.165, 1.54) is 17.2 Å². The molecule has 0 heterocycles. The molecule has 0 saturated heterocycles. The Morgan fingerprint density at radius 2 is 1.83 bits per heavy atom. The molecular formula is C16H16BrF. The van der Waals surface area contributed by atoms with E-state index in [2.05, 4.69) is 47.1 Å². The summed E-state index contributed by atoms with van der Waals surface area (Å²) in [6.45, 7) is 2.08. The van der Waals surface area contributed by atoms with Crippen molar-refractivity contribution in [3.05, 3.63) is 71.0 Å².